The van der Waals surface area contributed by atoms with Crippen LogP contribution in [-0.2, 0) is 4.79 Å². The van der Waals surface area contributed by atoms with Gasteiger partial charge < -0.3 is 0 Å². The van der Waals surface area contributed by atoms with Gasteiger partial charge >= 0.3 is 0 Å². The molecule has 4 aromatic rings. The zero-order valence-corrected chi connectivity index (χ0v) is 17.4. The average Bonchev–Trinajstić information content (AvgIpc) is 2.79. The highest BCUT2D eigenvalue weighted by Gasteiger charge is 2.13. The molecular formula is C23H17ClN4OS. The Morgan fingerprint density at radius 2 is 1.60 bits per heavy atom. The Kier molecular flexibility index (Phi) is 6.37. The number of nitrogens with one attached hydrogen (secondary N) is 1. The number of fused-ring (bicyclic) bond motifs is 1. The predicted octanol–water partition coefficient (Wildman–Crippen LogP) is 5.19. The van der Waals surface area contributed by atoms with Gasteiger partial charge in [-0.15, -0.1) is 0 Å². The molecule has 0 atom stereocenters. The molecule has 0 bridgehead atoms. The van der Waals surface area contributed by atoms with Gasteiger partial charge in [0.2, 0.25) is 5.91 Å². The van der Waals surface area contributed by atoms with E-state index in [1.165, 1.54) is 11.8 Å². The molecule has 0 aliphatic heterocycles. The van der Waals surface area contributed by atoms with Crippen molar-refractivity contribution in [3.63, 3.8) is 0 Å². The number of hydrogen-bond donors (Lipinski definition) is 1. The Morgan fingerprint density at radius 1 is 0.933 bits per heavy atom. The predicted molar refractivity (Wildman–Crippen MR) is 123 cm³/mol. The van der Waals surface area contributed by atoms with Crippen LogP contribution in [0.25, 0.3) is 22.3 Å². The van der Waals surface area contributed by atoms with Gasteiger partial charge in [0.05, 0.1) is 23.0 Å². The zero-order chi connectivity index (χ0) is 20.8. The summed E-state index contributed by atoms with van der Waals surface area (Å²) in [6, 6.07) is 24.7. The first-order valence-corrected chi connectivity index (χ1v) is 10.6. The van der Waals surface area contributed by atoms with Crippen LogP contribution in [0.15, 0.2) is 89.0 Å². The molecule has 0 fully saturated rings. The maximum atomic E-state index is 12.3. The maximum absolute atomic E-state index is 12.3. The number of hydrogen-bond acceptors (Lipinski definition) is 5. The fourth-order valence-corrected chi connectivity index (χ4v) is 3.68. The molecule has 4 rings (SSSR count). The lowest BCUT2D eigenvalue weighted by Crippen LogP contribution is -2.19. The van der Waals surface area contributed by atoms with Crippen molar-refractivity contribution in [2.75, 3.05) is 5.75 Å². The monoisotopic (exact) mass is 432 g/mol. The summed E-state index contributed by atoms with van der Waals surface area (Å²) in [4.78, 5) is 21.8. The van der Waals surface area contributed by atoms with Crippen LogP contribution in [0.2, 0.25) is 5.02 Å². The average molecular weight is 433 g/mol. The van der Waals surface area contributed by atoms with Gasteiger partial charge in [-0.1, -0.05) is 78.0 Å². The van der Waals surface area contributed by atoms with E-state index in [9.17, 15) is 4.79 Å². The highest BCUT2D eigenvalue weighted by Crippen LogP contribution is 2.30. The normalized spacial score (nSPS) is 11.1. The Bertz CT molecular complexity index is 1200. The molecule has 0 radical (unpaired) electrons. The molecule has 0 aliphatic rings. The van der Waals surface area contributed by atoms with E-state index < -0.39 is 0 Å². The van der Waals surface area contributed by atoms with Gasteiger partial charge in [0.25, 0.3) is 0 Å². The number of para-hydroxylation sites is 2. The van der Waals surface area contributed by atoms with Crippen molar-refractivity contribution < 1.29 is 4.79 Å². The third-order valence-electron chi connectivity index (χ3n) is 4.20. The van der Waals surface area contributed by atoms with Crippen LogP contribution in [-0.4, -0.2) is 27.8 Å². The van der Waals surface area contributed by atoms with Gasteiger partial charge in [-0.25, -0.2) is 15.4 Å². The molecule has 0 aliphatic carbocycles. The first kappa shape index (κ1) is 20.1. The number of aromatic nitrogens is 2. The number of hydrazone groups is 1. The number of nitrogens with zero attached hydrogens (tertiary/aromatic N) is 3. The Balaban J connectivity index is 1.48. The minimum atomic E-state index is -0.223. The van der Waals surface area contributed by atoms with Crippen LogP contribution in [0, 0.1) is 0 Å². The van der Waals surface area contributed by atoms with E-state index in [0.29, 0.717) is 10.0 Å². The number of rotatable bonds is 6. The Hall–Kier alpha value is -3.22. The van der Waals surface area contributed by atoms with Crippen molar-refractivity contribution in [2.45, 2.75) is 5.03 Å². The molecule has 5 nitrogen and oxygen atoms in total. The molecule has 1 heterocycles. The summed E-state index contributed by atoms with van der Waals surface area (Å²) in [5.41, 5.74) is 6.72. The molecule has 0 saturated carbocycles. The smallest absolute Gasteiger partial charge is 0.250 e. The van der Waals surface area contributed by atoms with Crippen molar-refractivity contribution >= 4 is 46.5 Å². The maximum Gasteiger partial charge on any atom is 0.250 e. The third kappa shape index (κ3) is 5.03. The van der Waals surface area contributed by atoms with E-state index in [1.807, 2.05) is 66.7 Å². The highest BCUT2D eigenvalue weighted by atomic mass is 35.5. The molecular weight excluding hydrogens is 416 g/mol. The molecule has 30 heavy (non-hydrogen) atoms. The molecule has 7 heteroatoms. The van der Waals surface area contributed by atoms with Crippen molar-refractivity contribution in [3.8, 4) is 11.3 Å². The summed E-state index contributed by atoms with van der Waals surface area (Å²) in [6.07, 6.45) is 1.57. The fraction of sp³-hybridized carbons (Fsp3) is 0.0435. The van der Waals surface area contributed by atoms with Crippen LogP contribution < -0.4 is 5.43 Å². The topological polar surface area (TPSA) is 67.2 Å². The van der Waals surface area contributed by atoms with E-state index in [4.69, 9.17) is 21.6 Å². The third-order valence-corrected chi connectivity index (χ3v) is 5.42. The van der Waals surface area contributed by atoms with E-state index in [0.717, 1.165) is 27.9 Å². The SMILES string of the molecule is O=C(CSc1nc2ccccc2nc1-c1ccccc1)N/N=C/c1ccc(Cl)cc1. The summed E-state index contributed by atoms with van der Waals surface area (Å²) < 4.78 is 0. The standard InChI is InChI=1S/C23H17ClN4OS/c24-18-12-10-16(11-13-18)14-25-28-21(29)15-30-23-22(17-6-2-1-3-7-17)26-19-8-4-5-9-20(19)27-23/h1-14H,15H2,(H,28,29)/b25-14+. The van der Waals surface area contributed by atoms with Crippen molar-refractivity contribution in [3.05, 3.63) is 89.4 Å². The summed E-state index contributed by atoms with van der Waals surface area (Å²) >= 11 is 7.20. The number of amides is 1. The van der Waals surface area contributed by atoms with Gasteiger partial charge in [0.1, 0.15) is 10.7 Å². The number of thioether (sulfide) groups is 1. The number of benzene rings is 3. The number of carbonyl (C=O) groups excluding carboxylic acids is 1. The number of halogens is 1. The summed E-state index contributed by atoms with van der Waals surface area (Å²) in [5, 5.41) is 5.35. The van der Waals surface area contributed by atoms with Gasteiger partial charge in [-0.3, -0.25) is 4.79 Å². The van der Waals surface area contributed by atoms with Gasteiger partial charge in [0, 0.05) is 10.6 Å². The van der Waals surface area contributed by atoms with Crippen LogP contribution >= 0.6 is 23.4 Å². The molecule has 1 N–H and O–H groups in total. The second kappa shape index (κ2) is 9.52. The largest absolute Gasteiger partial charge is 0.272 e. The van der Waals surface area contributed by atoms with Crippen LogP contribution in [0.4, 0.5) is 0 Å². The van der Waals surface area contributed by atoms with Crippen molar-refractivity contribution in [2.24, 2.45) is 5.10 Å². The quantitative estimate of drug-likeness (QED) is 0.258. The molecule has 148 valence electrons. The summed E-state index contributed by atoms with van der Waals surface area (Å²) in [5.74, 6) is -0.0515. The van der Waals surface area contributed by atoms with Crippen LogP contribution in [0.1, 0.15) is 5.56 Å². The summed E-state index contributed by atoms with van der Waals surface area (Å²) in [7, 11) is 0. The first-order chi connectivity index (χ1) is 14.7. The second-order valence-corrected chi connectivity index (χ2v) is 7.77. The number of carbonyl (C=O) groups is 1. The van der Waals surface area contributed by atoms with Crippen LogP contribution in [0.3, 0.4) is 0 Å². The summed E-state index contributed by atoms with van der Waals surface area (Å²) in [6.45, 7) is 0. The van der Waals surface area contributed by atoms with Gasteiger partial charge in [-0.05, 0) is 29.8 Å². The lowest BCUT2D eigenvalue weighted by atomic mass is 10.1. The van der Waals surface area contributed by atoms with Gasteiger partial charge in [-0.2, -0.15) is 5.10 Å². The van der Waals surface area contributed by atoms with Crippen molar-refractivity contribution in [1.29, 1.82) is 0 Å². The minimum absolute atomic E-state index is 0.171. The molecule has 1 aromatic heterocycles. The Labute approximate surface area is 183 Å². The molecule has 0 unspecified atom stereocenters. The Morgan fingerprint density at radius 3 is 2.33 bits per heavy atom. The zero-order valence-electron chi connectivity index (χ0n) is 15.8. The van der Waals surface area contributed by atoms with Crippen LogP contribution in [0.5, 0.6) is 0 Å². The molecule has 0 saturated heterocycles. The first-order valence-electron chi connectivity index (χ1n) is 9.21. The fourth-order valence-electron chi connectivity index (χ4n) is 2.76. The lowest BCUT2D eigenvalue weighted by Gasteiger charge is -2.09. The highest BCUT2D eigenvalue weighted by molar-refractivity contribution is 8.00. The molecule has 0 spiro atoms. The van der Waals surface area contributed by atoms with Crippen molar-refractivity contribution in [1.82, 2.24) is 15.4 Å². The van der Waals surface area contributed by atoms with E-state index in [1.54, 1.807) is 18.3 Å². The van der Waals surface area contributed by atoms with E-state index in [2.05, 4.69) is 10.5 Å². The lowest BCUT2D eigenvalue weighted by molar-refractivity contribution is -0.118. The van der Waals surface area contributed by atoms with E-state index in [-0.39, 0.29) is 11.7 Å². The van der Waals surface area contributed by atoms with E-state index >= 15 is 0 Å². The molecule has 3 aromatic carbocycles. The van der Waals surface area contributed by atoms with Gasteiger partial charge in [0.15, 0.2) is 0 Å². The minimum Gasteiger partial charge on any atom is -0.272 e. The second-order valence-electron chi connectivity index (χ2n) is 6.37. The molecule has 1 amide bonds.